The Kier molecular flexibility index (Phi) is 4.48. The summed E-state index contributed by atoms with van der Waals surface area (Å²) < 4.78 is 0. The lowest BCUT2D eigenvalue weighted by Crippen LogP contribution is -2.58. The Balaban J connectivity index is 1.58. The first-order chi connectivity index (χ1) is 9.34. The van der Waals surface area contributed by atoms with Crippen molar-refractivity contribution in [3.8, 4) is 0 Å². The summed E-state index contributed by atoms with van der Waals surface area (Å²) in [6, 6.07) is 1.69. The van der Waals surface area contributed by atoms with E-state index in [1.54, 1.807) is 0 Å². The zero-order valence-electron chi connectivity index (χ0n) is 12.8. The summed E-state index contributed by atoms with van der Waals surface area (Å²) in [5.41, 5.74) is 0.739. The van der Waals surface area contributed by atoms with E-state index in [0.717, 1.165) is 17.5 Å². The molecule has 2 unspecified atom stereocenters. The highest BCUT2D eigenvalue weighted by Crippen LogP contribution is 2.53. The van der Waals surface area contributed by atoms with Crippen molar-refractivity contribution in [2.24, 2.45) is 5.41 Å². The number of nitrogens with zero attached hydrogens (tertiary/aromatic N) is 1. The Morgan fingerprint density at radius 1 is 1.00 bits per heavy atom. The van der Waals surface area contributed by atoms with Gasteiger partial charge < -0.3 is 5.32 Å². The molecular formula is C17H32N2. The third-order valence-electron chi connectivity index (χ3n) is 6.19. The average Bonchev–Trinajstić information content (AvgIpc) is 2.47. The van der Waals surface area contributed by atoms with E-state index in [1.165, 1.54) is 83.8 Å². The largest absolute Gasteiger partial charge is 0.313 e. The van der Waals surface area contributed by atoms with Gasteiger partial charge in [0.05, 0.1) is 0 Å². The van der Waals surface area contributed by atoms with Crippen LogP contribution >= 0.6 is 0 Å². The smallest absolute Gasteiger partial charge is 0.0195 e. The lowest BCUT2D eigenvalue weighted by molar-refractivity contribution is -0.0547. The second-order valence-corrected chi connectivity index (χ2v) is 7.21. The van der Waals surface area contributed by atoms with E-state index in [1.807, 2.05) is 0 Å². The number of piperidine rings is 1. The van der Waals surface area contributed by atoms with Crippen molar-refractivity contribution >= 4 is 0 Å². The van der Waals surface area contributed by atoms with Crippen LogP contribution in [0.2, 0.25) is 0 Å². The van der Waals surface area contributed by atoms with Crippen LogP contribution in [0.5, 0.6) is 0 Å². The summed E-state index contributed by atoms with van der Waals surface area (Å²) in [7, 11) is 0. The van der Waals surface area contributed by atoms with Gasteiger partial charge in [0.1, 0.15) is 0 Å². The Hall–Kier alpha value is -0.0800. The molecule has 2 atom stereocenters. The number of likely N-dealkylation sites (N-methyl/N-ethyl adjacent to an activating group) is 1. The second-order valence-electron chi connectivity index (χ2n) is 7.21. The van der Waals surface area contributed by atoms with E-state index < -0.39 is 0 Å². The zero-order chi connectivity index (χ0) is 13.1. The van der Waals surface area contributed by atoms with Crippen LogP contribution in [0.15, 0.2) is 0 Å². The predicted octanol–water partition coefficient (Wildman–Crippen LogP) is 3.56. The lowest BCUT2D eigenvalue weighted by atomic mass is 9.57. The highest BCUT2D eigenvalue weighted by atomic mass is 15.2. The van der Waals surface area contributed by atoms with Crippen LogP contribution in [0.4, 0.5) is 0 Å². The first-order valence-corrected chi connectivity index (χ1v) is 8.81. The van der Waals surface area contributed by atoms with Gasteiger partial charge in [-0.2, -0.15) is 0 Å². The molecule has 0 aromatic carbocycles. The van der Waals surface area contributed by atoms with Gasteiger partial charge in [-0.3, -0.25) is 4.90 Å². The van der Waals surface area contributed by atoms with Crippen LogP contribution in [-0.4, -0.2) is 36.6 Å². The van der Waals surface area contributed by atoms with Gasteiger partial charge in [0.25, 0.3) is 0 Å². The number of hydrogen-bond acceptors (Lipinski definition) is 2. The molecule has 2 nitrogen and oxygen atoms in total. The van der Waals surface area contributed by atoms with E-state index >= 15 is 0 Å². The molecule has 1 spiro atoms. The quantitative estimate of drug-likeness (QED) is 0.835. The molecule has 0 amide bonds. The van der Waals surface area contributed by atoms with Crippen molar-refractivity contribution in [1.29, 1.82) is 0 Å². The van der Waals surface area contributed by atoms with Crippen molar-refractivity contribution in [2.45, 2.75) is 83.2 Å². The summed E-state index contributed by atoms with van der Waals surface area (Å²) in [5, 5.41) is 3.74. The van der Waals surface area contributed by atoms with Crippen molar-refractivity contribution in [3.63, 3.8) is 0 Å². The summed E-state index contributed by atoms with van der Waals surface area (Å²) in [6.45, 7) is 6.18. The molecule has 0 aromatic heterocycles. The summed E-state index contributed by atoms with van der Waals surface area (Å²) in [5.74, 6) is 0. The maximum atomic E-state index is 3.74. The molecule has 2 saturated carbocycles. The molecule has 1 heterocycles. The average molecular weight is 264 g/mol. The molecule has 1 N–H and O–H groups in total. The molecule has 19 heavy (non-hydrogen) atoms. The van der Waals surface area contributed by atoms with Gasteiger partial charge in [-0.15, -0.1) is 0 Å². The Bertz CT molecular complexity index is 277. The minimum atomic E-state index is 0.739. The van der Waals surface area contributed by atoms with Crippen LogP contribution in [0.3, 0.4) is 0 Å². The van der Waals surface area contributed by atoms with Gasteiger partial charge in [0.15, 0.2) is 0 Å². The number of nitrogens with one attached hydrogen (secondary N) is 1. The lowest BCUT2D eigenvalue weighted by Gasteiger charge is -2.57. The van der Waals surface area contributed by atoms with Gasteiger partial charge in [-0.25, -0.2) is 0 Å². The molecule has 0 bridgehead atoms. The van der Waals surface area contributed by atoms with Gasteiger partial charge in [0, 0.05) is 18.6 Å². The second kappa shape index (κ2) is 6.13. The summed E-state index contributed by atoms with van der Waals surface area (Å²) in [6.07, 6.45) is 14.7. The summed E-state index contributed by atoms with van der Waals surface area (Å²) in [4.78, 5) is 2.83. The molecule has 2 aliphatic carbocycles. The van der Waals surface area contributed by atoms with Gasteiger partial charge >= 0.3 is 0 Å². The molecule has 3 rings (SSSR count). The van der Waals surface area contributed by atoms with Gasteiger partial charge in [0.2, 0.25) is 0 Å². The van der Waals surface area contributed by atoms with Crippen molar-refractivity contribution in [1.82, 2.24) is 10.2 Å². The van der Waals surface area contributed by atoms with Crippen LogP contribution in [-0.2, 0) is 0 Å². The van der Waals surface area contributed by atoms with Crippen LogP contribution in [0, 0.1) is 5.41 Å². The standard InChI is InChI=1S/C17H32N2/c1-2-19(14-15-8-4-7-13-18-15)16-9-12-17(16)10-5-3-6-11-17/h15-16,18H,2-14H2,1H3. The van der Waals surface area contributed by atoms with Crippen LogP contribution in [0.1, 0.15) is 71.1 Å². The molecule has 1 aliphatic heterocycles. The molecular weight excluding hydrogens is 232 g/mol. The highest BCUT2D eigenvalue weighted by Gasteiger charge is 2.49. The normalized spacial score (nSPS) is 34.4. The van der Waals surface area contributed by atoms with Gasteiger partial charge in [-0.05, 0) is 57.0 Å². The van der Waals surface area contributed by atoms with E-state index in [9.17, 15) is 0 Å². The van der Waals surface area contributed by atoms with Crippen LogP contribution in [0.25, 0.3) is 0 Å². The Morgan fingerprint density at radius 2 is 1.84 bits per heavy atom. The van der Waals surface area contributed by atoms with Gasteiger partial charge in [-0.1, -0.05) is 32.6 Å². The minimum Gasteiger partial charge on any atom is -0.313 e. The highest BCUT2D eigenvalue weighted by molar-refractivity contribution is 5.03. The topological polar surface area (TPSA) is 15.3 Å². The van der Waals surface area contributed by atoms with E-state index in [0.29, 0.717) is 0 Å². The Morgan fingerprint density at radius 3 is 2.42 bits per heavy atom. The fourth-order valence-electron chi connectivity index (χ4n) is 4.93. The van der Waals surface area contributed by atoms with Crippen molar-refractivity contribution in [2.75, 3.05) is 19.6 Å². The fraction of sp³-hybridized carbons (Fsp3) is 1.00. The first kappa shape index (κ1) is 13.9. The molecule has 0 aromatic rings. The van der Waals surface area contributed by atoms with Crippen molar-refractivity contribution in [3.05, 3.63) is 0 Å². The monoisotopic (exact) mass is 264 g/mol. The van der Waals surface area contributed by atoms with Crippen molar-refractivity contribution < 1.29 is 0 Å². The molecule has 2 heteroatoms. The summed E-state index contributed by atoms with van der Waals surface area (Å²) >= 11 is 0. The molecule has 110 valence electrons. The minimum absolute atomic E-state index is 0.739. The van der Waals surface area contributed by atoms with E-state index in [-0.39, 0.29) is 0 Å². The Labute approximate surface area is 119 Å². The SMILES string of the molecule is CCN(CC1CCCCN1)C1CCC12CCCCC2. The maximum absolute atomic E-state index is 3.74. The fourth-order valence-corrected chi connectivity index (χ4v) is 4.93. The molecule has 3 fully saturated rings. The number of rotatable bonds is 4. The molecule has 3 aliphatic rings. The molecule has 0 radical (unpaired) electrons. The van der Waals surface area contributed by atoms with E-state index in [4.69, 9.17) is 0 Å². The van der Waals surface area contributed by atoms with E-state index in [2.05, 4.69) is 17.1 Å². The molecule has 1 saturated heterocycles. The van der Waals surface area contributed by atoms with Crippen LogP contribution < -0.4 is 5.32 Å². The number of hydrogen-bond donors (Lipinski definition) is 1. The third kappa shape index (κ3) is 2.85. The third-order valence-corrected chi connectivity index (χ3v) is 6.19. The first-order valence-electron chi connectivity index (χ1n) is 8.81. The maximum Gasteiger partial charge on any atom is 0.0195 e. The predicted molar refractivity (Wildman–Crippen MR) is 81.4 cm³/mol. The zero-order valence-corrected chi connectivity index (χ0v) is 12.8.